The maximum absolute atomic E-state index is 11.3. The van der Waals surface area contributed by atoms with Gasteiger partial charge in [-0.15, -0.1) is 0 Å². The number of ketones is 1. The fraction of sp³-hybridized carbons (Fsp3) is 0.900. The van der Waals surface area contributed by atoms with Gasteiger partial charge in [0.1, 0.15) is 5.78 Å². The molecule has 0 saturated carbocycles. The van der Waals surface area contributed by atoms with Gasteiger partial charge in [-0.05, 0) is 26.2 Å². The monoisotopic (exact) mass is 204 g/mol. The van der Waals surface area contributed by atoms with Gasteiger partial charge in [-0.3, -0.25) is 4.21 Å². The second kappa shape index (κ2) is 8.42. The number of unbranched alkanes of at least 4 members (excludes halogenated alkanes) is 2. The molecule has 0 aromatic carbocycles. The zero-order valence-corrected chi connectivity index (χ0v) is 9.49. The number of carbonyl (C=O) groups is 1. The van der Waals surface area contributed by atoms with Crippen LogP contribution < -0.4 is 0 Å². The van der Waals surface area contributed by atoms with Crippen LogP contribution in [0.4, 0.5) is 0 Å². The summed E-state index contributed by atoms with van der Waals surface area (Å²) in [6, 6.07) is 0. The second-order valence-corrected chi connectivity index (χ2v) is 5.06. The van der Waals surface area contributed by atoms with E-state index in [4.69, 9.17) is 0 Å². The number of hydrogen-bond donors (Lipinski definition) is 0. The molecular formula is C10H20O2S. The van der Waals surface area contributed by atoms with Crippen molar-refractivity contribution in [3.05, 3.63) is 0 Å². The van der Waals surface area contributed by atoms with Crippen molar-refractivity contribution < 1.29 is 9.00 Å². The Morgan fingerprint density at radius 3 is 2.31 bits per heavy atom. The summed E-state index contributed by atoms with van der Waals surface area (Å²) in [7, 11) is -0.646. The lowest BCUT2D eigenvalue weighted by Gasteiger charge is -2.00. The van der Waals surface area contributed by atoms with Crippen LogP contribution in [-0.2, 0) is 15.6 Å². The summed E-state index contributed by atoms with van der Waals surface area (Å²) in [5, 5.41) is 0. The molecule has 0 rings (SSSR count). The molecular weight excluding hydrogens is 184 g/mol. The molecule has 0 aliphatic rings. The topological polar surface area (TPSA) is 34.1 Å². The summed E-state index contributed by atoms with van der Waals surface area (Å²) in [6.07, 6.45) is 4.63. The van der Waals surface area contributed by atoms with Gasteiger partial charge in [-0.2, -0.15) is 0 Å². The molecule has 0 saturated heterocycles. The number of carbonyl (C=O) groups excluding carboxylic acids is 1. The first kappa shape index (κ1) is 12.8. The van der Waals surface area contributed by atoms with Gasteiger partial charge >= 0.3 is 0 Å². The van der Waals surface area contributed by atoms with Gasteiger partial charge in [0.2, 0.25) is 0 Å². The van der Waals surface area contributed by atoms with Crippen molar-refractivity contribution in [2.75, 3.05) is 11.5 Å². The SMILES string of the molecule is CCCCS(=O)CCCCC(C)=O. The molecule has 0 amide bonds. The molecule has 0 bridgehead atoms. The Hall–Kier alpha value is -0.180. The zero-order valence-electron chi connectivity index (χ0n) is 8.67. The molecule has 3 heteroatoms. The highest BCUT2D eigenvalue weighted by molar-refractivity contribution is 7.84. The van der Waals surface area contributed by atoms with E-state index in [9.17, 15) is 9.00 Å². The number of rotatable bonds is 8. The van der Waals surface area contributed by atoms with Crippen LogP contribution >= 0.6 is 0 Å². The van der Waals surface area contributed by atoms with Gasteiger partial charge in [-0.1, -0.05) is 13.3 Å². The van der Waals surface area contributed by atoms with Gasteiger partial charge in [0.15, 0.2) is 0 Å². The van der Waals surface area contributed by atoms with Crippen molar-refractivity contribution in [3.63, 3.8) is 0 Å². The smallest absolute Gasteiger partial charge is 0.129 e. The minimum atomic E-state index is -0.646. The lowest BCUT2D eigenvalue weighted by Crippen LogP contribution is -2.03. The fourth-order valence-corrected chi connectivity index (χ4v) is 2.39. The Labute approximate surface area is 83.6 Å². The van der Waals surface area contributed by atoms with Gasteiger partial charge in [-0.25, -0.2) is 0 Å². The summed E-state index contributed by atoms with van der Waals surface area (Å²) >= 11 is 0. The first-order valence-corrected chi connectivity index (χ1v) is 6.50. The zero-order chi connectivity index (χ0) is 10.1. The summed E-state index contributed by atoms with van der Waals surface area (Å²) in [5.74, 6) is 1.84. The maximum atomic E-state index is 11.3. The fourth-order valence-electron chi connectivity index (χ4n) is 1.04. The molecule has 0 N–H and O–H groups in total. The van der Waals surface area contributed by atoms with Crippen molar-refractivity contribution in [2.24, 2.45) is 0 Å². The molecule has 0 heterocycles. The molecule has 2 nitrogen and oxygen atoms in total. The standard InChI is InChI=1S/C10H20O2S/c1-3-4-8-13(12)9-6-5-7-10(2)11/h3-9H2,1-2H3. The van der Waals surface area contributed by atoms with E-state index in [1.54, 1.807) is 6.92 Å². The lowest BCUT2D eigenvalue weighted by atomic mass is 10.2. The van der Waals surface area contributed by atoms with E-state index in [2.05, 4.69) is 6.92 Å². The quantitative estimate of drug-likeness (QED) is 0.568. The highest BCUT2D eigenvalue weighted by Gasteiger charge is 1.99. The summed E-state index contributed by atoms with van der Waals surface area (Å²) in [4.78, 5) is 10.6. The minimum absolute atomic E-state index is 0.236. The third-order valence-electron chi connectivity index (χ3n) is 1.88. The van der Waals surface area contributed by atoms with E-state index >= 15 is 0 Å². The molecule has 0 radical (unpaired) electrons. The van der Waals surface area contributed by atoms with Crippen LogP contribution in [0.15, 0.2) is 0 Å². The Morgan fingerprint density at radius 2 is 1.77 bits per heavy atom. The average Bonchev–Trinajstić information content (AvgIpc) is 2.08. The maximum Gasteiger partial charge on any atom is 0.129 e. The molecule has 78 valence electrons. The van der Waals surface area contributed by atoms with Crippen molar-refractivity contribution in [3.8, 4) is 0 Å². The first-order chi connectivity index (χ1) is 6.16. The van der Waals surface area contributed by atoms with E-state index in [1.807, 2.05) is 0 Å². The van der Waals surface area contributed by atoms with Crippen molar-refractivity contribution >= 4 is 16.6 Å². The molecule has 1 atom stereocenters. The Morgan fingerprint density at radius 1 is 1.15 bits per heavy atom. The molecule has 0 aromatic heterocycles. The Bertz CT molecular complexity index is 166. The minimum Gasteiger partial charge on any atom is -0.300 e. The third kappa shape index (κ3) is 9.74. The predicted octanol–water partition coefficient (Wildman–Crippen LogP) is 2.29. The molecule has 13 heavy (non-hydrogen) atoms. The molecule has 0 aromatic rings. The van der Waals surface area contributed by atoms with Crippen LogP contribution in [0.5, 0.6) is 0 Å². The Balaban J connectivity index is 3.22. The van der Waals surface area contributed by atoms with Crippen LogP contribution in [0, 0.1) is 0 Å². The van der Waals surface area contributed by atoms with Crippen LogP contribution in [0.1, 0.15) is 46.0 Å². The summed E-state index contributed by atoms with van der Waals surface area (Å²) in [5.41, 5.74) is 0. The highest BCUT2D eigenvalue weighted by Crippen LogP contribution is 2.00. The average molecular weight is 204 g/mol. The molecule has 1 unspecified atom stereocenters. The lowest BCUT2D eigenvalue weighted by molar-refractivity contribution is -0.117. The summed E-state index contributed by atoms with van der Waals surface area (Å²) < 4.78 is 11.3. The van der Waals surface area contributed by atoms with E-state index in [1.165, 1.54) is 0 Å². The summed E-state index contributed by atoms with van der Waals surface area (Å²) in [6.45, 7) is 3.71. The highest BCUT2D eigenvalue weighted by atomic mass is 32.2. The van der Waals surface area contributed by atoms with E-state index in [0.717, 1.165) is 37.2 Å². The van der Waals surface area contributed by atoms with Crippen LogP contribution in [0.2, 0.25) is 0 Å². The van der Waals surface area contributed by atoms with E-state index in [0.29, 0.717) is 6.42 Å². The van der Waals surface area contributed by atoms with Crippen LogP contribution in [0.3, 0.4) is 0 Å². The van der Waals surface area contributed by atoms with Crippen molar-refractivity contribution in [2.45, 2.75) is 46.0 Å². The van der Waals surface area contributed by atoms with Gasteiger partial charge < -0.3 is 4.79 Å². The van der Waals surface area contributed by atoms with Crippen molar-refractivity contribution in [1.29, 1.82) is 0 Å². The molecule has 0 spiro atoms. The molecule has 0 aliphatic carbocycles. The largest absolute Gasteiger partial charge is 0.300 e. The molecule has 0 fully saturated rings. The van der Waals surface area contributed by atoms with Crippen LogP contribution in [-0.4, -0.2) is 21.5 Å². The van der Waals surface area contributed by atoms with Gasteiger partial charge in [0.05, 0.1) is 0 Å². The van der Waals surface area contributed by atoms with E-state index < -0.39 is 10.8 Å². The second-order valence-electron chi connectivity index (χ2n) is 3.36. The number of Topliss-reactive ketones (excluding diaryl/α,β-unsaturated/α-hetero) is 1. The first-order valence-electron chi connectivity index (χ1n) is 5.01. The third-order valence-corrected chi connectivity index (χ3v) is 3.36. The predicted molar refractivity (Wildman–Crippen MR) is 57.3 cm³/mol. The Kier molecular flexibility index (Phi) is 8.30. The van der Waals surface area contributed by atoms with E-state index in [-0.39, 0.29) is 5.78 Å². The normalized spacial score (nSPS) is 12.8. The van der Waals surface area contributed by atoms with Crippen molar-refractivity contribution in [1.82, 2.24) is 0 Å². The molecule has 0 aliphatic heterocycles. The van der Waals surface area contributed by atoms with Gasteiger partial charge in [0.25, 0.3) is 0 Å². The van der Waals surface area contributed by atoms with Crippen LogP contribution in [0.25, 0.3) is 0 Å². The number of hydrogen-bond acceptors (Lipinski definition) is 2. The van der Waals surface area contributed by atoms with Gasteiger partial charge in [0, 0.05) is 28.7 Å².